The Bertz CT molecular complexity index is 1300. The Morgan fingerprint density at radius 3 is 1.86 bits per heavy atom. The average molecular weight is 708 g/mol. The van der Waals surface area contributed by atoms with Crippen molar-refractivity contribution in [3.05, 3.63) is 18.2 Å². The van der Waals surface area contributed by atoms with Crippen LogP contribution in [0.15, 0.2) is 17.5 Å². The zero-order valence-corrected chi connectivity index (χ0v) is 30.1. The molecule has 18 nitrogen and oxygen atoms in total. The van der Waals surface area contributed by atoms with Gasteiger partial charge in [-0.15, -0.1) is 0 Å². The van der Waals surface area contributed by atoms with Crippen molar-refractivity contribution in [2.45, 2.75) is 117 Å². The predicted octanol–water partition coefficient (Wildman–Crippen LogP) is -1.39. The van der Waals surface area contributed by atoms with E-state index < -0.39 is 77.7 Å². The number of aromatic nitrogens is 2. The van der Waals surface area contributed by atoms with Gasteiger partial charge in [-0.3, -0.25) is 29.0 Å². The molecule has 0 fully saturated rings. The van der Waals surface area contributed by atoms with Gasteiger partial charge in [0.1, 0.15) is 30.2 Å². The number of carboxylic acid groups (broad SMARTS) is 1. The molecule has 0 aromatic carbocycles. The summed E-state index contributed by atoms with van der Waals surface area (Å²) >= 11 is 0. The average Bonchev–Trinajstić information content (AvgIpc) is 3.52. The van der Waals surface area contributed by atoms with Gasteiger partial charge in [-0.25, -0.2) is 9.78 Å². The summed E-state index contributed by atoms with van der Waals surface area (Å²) in [6, 6.07) is -6.56. The molecule has 0 bridgehead atoms. The Morgan fingerprint density at radius 2 is 1.34 bits per heavy atom. The minimum Gasteiger partial charge on any atom is -0.480 e. The molecule has 50 heavy (non-hydrogen) atoms. The zero-order chi connectivity index (χ0) is 38.1. The van der Waals surface area contributed by atoms with Crippen molar-refractivity contribution in [3.8, 4) is 0 Å². The lowest BCUT2D eigenvalue weighted by molar-refractivity contribution is -0.143. The van der Waals surface area contributed by atoms with Gasteiger partial charge in [0.05, 0.1) is 12.4 Å². The summed E-state index contributed by atoms with van der Waals surface area (Å²) in [6.45, 7) is 12.3. The molecule has 0 unspecified atom stereocenters. The fourth-order valence-electron chi connectivity index (χ4n) is 4.90. The Hall–Kier alpha value is -4.74. The fraction of sp³-hybridized carbons (Fsp3) is 0.688. The van der Waals surface area contributed by atoms with Gasteiger partial charge < -0.3 is 53.9 Å². The summed E-state index contributed by atoms with van der Waals surface area (Å²) < 4.78 is 0. The molecule has 0 saturated carbocycles. The lowest BCUT2D eigenvalue weighted by Crippen LogP contribution is -2.60. The molecule has 0 radical (unpaired) electrons. The molecular formula is C32H57N11O7. The number of aromatic amines is 1. The van der Waals surface area contributed by atoms with Gasteiger partial charge in [-0.05, 0) is 50.4 Å². The van der Waals surface area contributed by atoms with Crippen molar-refractivity contribution in [1.29, 1.82) is 0 Å². The number of rotatable bonds is 22. The van der Waals surface area contributed by atoms with Crippen LogP contribution in [0.2, 0.25) is 0 Å². The highest BCUT2D eigenvalue weighted by molar-refractivity contribution is 5.96. The summed E-state index contributed by atoms with van der Waals surface area (Å²) in [5, 5.41) is 22.7. The number of nitrogens with two attached hydrogens (primary N) is 3. The van der Waals surface area contributed by atoms with Crippen LogP contribution in [0.4, 0.5) is 0 Å². The SMILES string of the molecule is CC(C)C[C@H](NC(=O)[C@@H](NC(=O)[C@H](CC(C)C)NC(=O)[C@H](CCCN=C(N)N)NC(=O)[C@H](C)NC(=O)[C@@H](N)Cc1cnc[nH]1)C(C)C)C(=O)O. The molecule has 13 N–H and O–H groups in total. The number of hydrogen-bond acceptors (Lipinski definition) is 9. The molecule has 1 aromatic heterocycles. The molecule has 282 valence electrons. The van der Waals surface area contributed by atoms with Crippen molar-refractivity contribution in [3.63, 3.8) is 0 Å². The lowest BCUT2D eigenvalue weighted by atomic mass is 9.98. The number of H-pyrrole nitrogens is 1. The first-order valence-corrected chi connectivity index (χ1v) is 16.8. The van der Waals surface area contributed by atoms with Crippen molar-refractivity contribution < 1.29 is 33.9 Å². The van der Waals surface area contributed by atoms with Crippen LogP contribution in [0.5, 0.6) is 0 Å². The Labute approximate surface area is 293 Å². The van der Waals surface area contributed by atoms with E-state index in [4.69, 9.17) is 17.2 Å². The molecule has 6 atom stereocenters. The summed E-state index contributed by atoms with van der Waals surface area (Å²) in [7, 11) is 0. The first-order valence-electron chi connectivity index (χ1n) is 16.8. The summed E-state index contributed by atoms with van der Waals surface area (Å²) in [6.07, 6.45) is 3.88. The van der Waals surface area contributed by atoms with E-state index in [0.29, 0.717) is 5.69 Å². The Balaban J connectivity index is 3.12. The monoisotopic (exact) mass is 707 g/mol. The van der Waals surface area contributed by atoms with Crippen LogP contribution in [0.3, 0.4) is 0 Å². The van der Waals surface area contributed by atoms with E-state index in [1.165, 1.54) is 19.4 Å². The van der Waals surface area contributed by atoms with Gasteiger partial charge in [0, 0.05) is 24.9 Å². The molecule has 18 heteroatoms. The maximum atomic E-state index is 13.7. The van der Waals surface area contributed by atoms with E-state index >= 15 is 0 Å². The van der Waals surface area contributed by atoms with E-state index in [0.717, 1.165) is 0 Å². The van der Waals surface area contributed by atoms with E-state index in [2.05, 4.69) is 41.5 Å². The number of carbonyl (C=O) groups is 6. The second-order valence-corrected chi connectivity index (χ2v) is 13.6. The van der Waals surface area contributed by atoms with Gasteiger partial charge in [0.25, 0.3) is 0 Å². The van der Waals surface area contributed by atoms with E-state index in [1.807, 2.05) is 27.7 Å². The third-order valence-electron chi connectivity index (χ3n) is 7.57. The van der Waals surface area contributed by atoms with Crippen molar-refractivity contribution in [2.24, 2.45) is 39.9 Å². The third-order valence-corrected chi connectivity index (χ3v) is 7.57. The zero-order valence-electron chi connectivity index (χ0n) is 30.1. The van der Waals surface area contributed by atoms with Crippen LogP contribution in [0, 0.1) is 17.8 Å². The number of aliphatic carboxylic acids is 1. The highest BCUT2D eigenvalue weighted by atomic mass is 16.4. The number of hydrogen-bond donors (Lipinski definition) is 10. The first-order chi connectivity index (χ1) is 23.3. The molecule has 0 spiro atoms. The second kappa shape index (κ2) is 21.4. The molecule has 1 rings (SSSR count). The minimum atomic E-state index is -1.19. The Morgan fingerprint density at radius 1 is 0.780 bits per heavy atom. The van der Waals surface area contributed by atoms with E-state index in [-0.39, 0.29) is 56.4 Å². The topological polar surface area (TPSA) is 302 Å². The number of nitrogens with zero attached hydrogens (tertiary/aromatic N) is 2. The van der Waals surface area contributed by atoms with E-state index in [1.54, 1.807) is 13.8 Å². The van der Waals surface area contributed by atoms with Crippen LogP contribution in [-0.2, 0) is 35.2 Å². The molecule has 1 aromatic rings. The molecule has 0 aliphatic rings. The maximum absolute atomic E-state index is 13.7. The molecule has 0 aliphatic heterocycles. The van der Waals surface area contributed by atoms with Crippen molar-refractivity contribution in [2.75, 3.05) is 6.54 Å². The van der Waals surface area contributed by atoms with Crippen molar-refractivity contribution in [1.82, 2.24) is 36.6 Å². The number of aliphatic imine (C=N–C) groups is 1. The largest absolute Gasteiger partial charge is 0.480 e. The van der Waals surface area contributed by atoms with Gasteiger partial charge in [0.2, 0.25) is 29.5 Å². The normalized spacial score (nSPS) is 14.9. The predicted molar refractivity (Wildman–Crippen MR) is 187 cm³/mol. The van der Waals surface area contributed by atoms with Gasteiger partial charge in [-0.1, -0.05) is 41.5 Å². The molecular weight excluding hydrogens is 650 g/mol. The van der Waals surface area contributed by atoms with Gasteiger partial charge in [0.15, 0.2) is 5.96 Å². The summed E-state index contributed by atoms with van der Waals surface area (Å²) in [4.78, 5) is 88.7. The summed E-state index contributed by atoms with van der Waals surface area (Å²) in [5.74, 6) is -5.12. The van der Waals surface area contributed by atoms with E-state index in [9.17, 15) is 33.9 Å². The molecule has 0 saturated heterocycles. The third kappa shape index (κ3) is 16.1. The molecule has 0 aliphatic carbocycles. The highest BCUT2D eigenvalue weighted by Crippen LogP contribution is 2.11. The Kier molecular flexibility index (Phi) is 18.5. The number of imidazole rings is 1. The number of carbonyl (C=O) groups excluding carboxylic acids is 5. The smallest absolute Gasteiger partial charge is 0.326 e. The number of guanidine groups is 1. The number of carboxylic acids is 1. The quantitative estimate of drug-likeness (QED) is 0.0380. The number of amides is 5. The van der Waals surface area contributed by atoms with Crippen LogP contribution in [-0.4, -0.2) is 99.3 Å². The first kappa shape index (κ1) is 43.3. The van der Waals surface area contributed by atoms with Crippen LogP contribution in [0.25, 0.3) is 0 Å². The van der Waals surface area contributed by atoms with Gasteiger partial charge >= 0.3 is 5.97 Å². The molecule has 5 amide bonds. The maximum Gasteiger partial charge on any atom is 0.326 e. The summed E-state index contributed by atoms with van der Waals surface area (Å²) in [5.41, 5.74) is 17.4. The second-order valence-electron chi connectivity index (χ2n) is 13.6. The molecule has 1 heterocycles. The fourth-order valence-corrected chi connectivity index (χ4v) is 4.90. The van der Waals surface area contributed by atoms with Crippen LogP contribution in [0.1, 0.15) is 79.8 Å². The minimum absolute atomic E-state index is 0.00796. The highest BCUT2D eigenvalue weighted by Gasteiger charge is 2.33. The lowest BCUT2D eigenvalue weighted by Gasteiger charge is -2.28. The van der Waals surface area contributed by atoms with Crippen LogP contribution >= 0.6 is 0 Å². The van der Waals surface area contributed by atoms with Crippen molar-refractivity contribution >= 4 is 41.5 Å². The number of nitrogens with one attached hydrogen (secondary N) is 6. The van der Waals surface area contributed by atoms with Gasteiger partial charge in [-0.2, -0.15) is 0 Å². The van der Waals surface area contributed by atoms with Crippen LogP contribution < -0.4 is 43.8 Å². The standard InChI is InChI=1S/C32H57N11O7/c1-16(2)11-23(29(47)43-25(18(5)6)30(48)42-24(31(49)50)12-17(3)4)41-28(46)22(9-8-10-37-32(34)35)40-26(44)19(7)39-27(45)21(33)13-20-14-36-15-38-20/h14-19,21-25H,8-13,33H2,1-7H3,(H,36,38)(H,39,45)(H,40,44)(H,41,46)(H,42,48)(H,43,47)(H,49,50)(H4,34,35,37)/t19-,21-,22-,23-,24-,25-/m0/s1.